The number of benzene rings is 2. The van der Waals surface area contributed by atoms with Gasteiger partial charge in [-0.1, -0.05) is 12.1 Å². The normalized spacial score (nSPS) is 19.6. The van der Waals surface area contributed by atoms with E-state index in [1.807, 2.05) is 12.1 Å². The van der Waals surface area contributed by atoms with Crippen molar-refractivity contribution in [2.45, 2.75) is 25.2 Å². The molecule has 2 aromatic rings. The number of carbonyl (C=O) groups excluding carboxylic acids is 2. The minimum atomic E-state index is -0.215. The molecular weight excluding hydrogens is 345 g/mol. The van der Waals surface area contributed by atoms with E-state index >= 15 is 0 Å². The fourth-order valence-corrected chi connectivity index (χ4v) is 3.88. The second kappa shape index (κ2) is 7.61. The van der Waals surface area contributed by atoms with Gasteiger partial charge in [0.25, 0.3) is 0 Å². The fourth-order valence-electron chi connectivity index (χ4n) is 3.88. The second-order valence-electron chi connectivity index (χ2n) is 7.24. The van der Waals surface area contributed by atoms with E-state index in [-0.39, 0.29) is 17.4 Å². The van der Waals surface area contributed by atoms with Gasteiger partial charge in [-0.15, -0.1) is 0 Å². The minimum Gasteiger partial charge on any atom is -0.492 e. The molecule has 27 heavy (non-hydrogen) atoms. The third-order valence-corrected chi connectivity index (χ3v) is 5.46. The maximum atomic E-state index is 13.1. The van der Waals surface area contributed by atoms with Gasteiger partial charge in [-0.2, -0.15) is 0 Å². The van der Waals surface area contributed by atoms with E-state index < -0.39 is 0 Å². The zero-order valence-electron chi connectivity index (χ0n) is 15.1. The van der Waals surface area contributed by atoms with E-state index in [2.05, 4.69) is 4.90 Å². The molecule has 0 aliphatic carbocycles. The number of hydrogen-bond donors (Lipinski definition) is 0. The Morgan fingerprint density at radius 1 is 1.19 bits per heavy atom. The van der Waals surface area contributed by atoms with Crippen LogP contribution >= 0.6 is 0 Å². The Kier molecular flexibility index (Phi) is 5.03. The highest BCUT2D eigenvalue weighted by Crippen LogP contribution is 2.28. The average Bonchev–Trinajstić information content (AvgIpc) is 3.16. The fraction of sp³-hybridized carbons (Fsp3) is 0.364. The summed E-state index contributed by atoms with van der Waals surface area (Å²) in [6.45, 7) is 2.92. The lowest BCUT2D eigenvalue weighted by molar-refractivity contribution is 0.0933. The molecule has 5 heteroatoms. The first kappa shape index (κ1) is 17.9. The molecule has 2 heterocycles. The molecule has 0 aromatic heterocycles. The summed E-state index contributed by atoms with van der Waals surface area (Å²) >= 11 is 0. The van der Waals surface area contributed by atoms with E-state index in [9.17, 15) is 14.0 Å². The van der Waals surface area contributed by atoms with Gasteiger partial charge in [-0.3, -0.25) is 9.59 Å². The summed E-state index contributed by atoms with van der Waals surface area (Å²) in [7, 11) is 0. The summed E-state index contributed by atoms with van der Waals surface area (Å²) in [6, 6.07) is 11.8. The predicted octanol–water partition coefficient (Wildman–Crippen LogP) is 3.85. The third kappa shape index (κ3) is 3.93. The van der Waals surface area contributed by atoms with Gasteiger partial charge in [-0.25, -0.2) is 4.39 Å². The SMILES string of the molecule is O=C(CCN1CCC(c2ccc(F)cc2)C1)c1ccc2c(c1)C(=O)CCO2. The van der Waals surface area contributed by atoms with Crippen LogP contribution in [0.5, 0.6) is 5.75 Å². The second-order valence-corrected chi connectivity index (χ2v) is 7.24. The zero-order valence-corrected chi connectivity index (χ0v) is 15.1. The quantitative estimate of drug-likeness (QED) is 0.753. The Morgan fingerprint density at radius 2 is 2.00 bits per heavy atom. The van der Waals surface area contributed by atoms with Crippen molar-refractivity contribution in [3.63, 3.8) is 0 Å². The van der Waals surface area contributed by atoms with Crippen LogP contribution in [0.15, 0.2) is 42.5 Å². The van der Waals surface area contributed by atoms with Crippen molar-refractivity contribution in [3.8, 4) is 5.75 Å². The topological polar surface area (TPSA) is 46.6 Å². The van der Waals surface area contributed by atoms with Crippen LogP contribution in [0.2, 0.25) is 0 Å². The van der Waals surface area contributed by atoms with Crippen LogP contribution in [0.1, 0.15) is 51.5 Å². The van der Waals surface area contributed by atoms with Gasteiger partial charge in [0.2, 0.25) is 0 Å². The number of fused-ring (bicyclic) bond motifs is 1. The van der Waals surface area contributed by atoms with E-state index in [1.165, 1.54) is 12.1 Å². The Labute approximate surface area is 157 Å². The van der Waals surface area contributed by atoms with Crippen molar-refractivity contribution in [2.75, 3.05) is 26.2 Å². The number of nitrogens with zero attached hydrogens (tertiary/aromatic N) is 1. The first-order chi connectivity index (χ1) is 13.1. The molecule has 2 aliphatic rings. The molecule has 1 atom stereocenters. The van der Waals surface area contributed by atoms with E-state index in [1.54, 1.807) is 18.2 Å². The lowest BCUT2D eigenvalue weighted by Gasteiger charge is -2.18. The molecule has 0 saturated carbocycles. The van der Waals surface area contributed by atoms with Gasteiger partial charge >= 0.3 is 0 Å². The average molecular weight is 367 g/mol. The molecule has 0 amide bonds. The zero-order chi connectivity index (χ0) is 18.8. The lowest BCUT2D eigenvalue weighted by atomic mass is 9.98. The highest BCUT2D eigenvalue weighted by atomic mass is 19.1. The molecule has 1 fully saturated rings. The van der Waals surface area contributed by atoms with E-state index in [0.29, 0.717) is 48.8 Å². The van der Waals surface area contributed by atoms with Gasteiger partial charge in [0, 0.05) is 31.5 Å². The monoisotopic (exact) mass is 367 g/mol. The molecule has 0 bridgehead atoms. The summed E-state index contributed by atoms with van der Waals surface area (Å²) in [5, 5.41) is 0. The molecule has 2 aromatic carbocycles. The number of ether oxygens (including phenoxy) is 1. The Morgan fingerprint density at radius 3 is 2.81 bits per heavy atom. The van der Waals surface area contributed by atoms with Crippen molar-refractivity contribution in [2.24, 2.45) is 0 Å². The van der Waals surface area contributed by atoms with Crippen molar-refractivity contribution in [1.29, 1.82) is 0 Å². The number of rotatable bonds is 5. The molecule has 0 spiro atoms. The Balaban J connectivity index is 1.34. The number of likely N-dealkylation sites (tertiary alicyclic amines) is 1. The summed E-state index contributed by atoms with van der Waals surface area (Å²) < 4.78 is 18.5. The maximum absolute atomic E-state index is 13.1. The van der Waals surface area contributed by atoms with Gasteiger partial charge in [0.1, 0.15) is 11.6 Å². The molecule has 4 rings (SSSR count). The van der Waals surface area contributed by atoms with Crippen LogP contribution < -0.4 is 4.74 Å². The maximum Gasteiger partial charge on any atom is 0.170 e. The molecule has 0 radical (unpaired) electrons. The molecule has 0 N–H and O–H groups in total. The van der Waals surface area contributed by atoms with Gasteiger partial charge in [-0.05, 0) is 54.8 Å². The molecule has 4 nitrogen and oxygen atoms in total. The van der Waals surface area contributed by atoms with Crippen molar-refractivity contribution in [3.05, 3.63) is 65.0 Å². The van der Waals surface area contributed by atoms with Crippen molar-refractivity contribution >= 4 is 11.6 Å². The number of carbonyl (C=O) groups is 2. The number of halogens is 1. The Hall–Kier alpha value is -2.53. The summed E-state index contributed by atoms with van der Waals surface area (Å²) in [6.07, 6.45) is 1.80. The van der Waals surface area contributed by atoms with Crippen LogP contribution in [0.4, 0.5) is 4.39 Å². The van der Waals surface area contributed by atoms with Crippen LogP contribution in [0.25, 0.3) is 0 Å². The first-order valence-corrected chi connectivity index (χ1v) is 9.41. The van der Waals surface area contributed by atoms with Crippen LogP contribution in [0.3, 0.4) is 0 Å². The third-order valence-electron chi connectivity index (χ3n) is 5.46. The first-order valence-electron chi connectivity index (χ1n) is 9.41. The van der Waals surface area contributed by atoms with Crippen LogP contribution in [-0.4, -0.2) is 42.7 Å². The van der Waals surface area contributed by atoms with E-state index in [0.717, 1.165) is 25.1 Å². The molecular formula is C22H22FNO3. The van der Waals surface area contributed by atoms with Gasteiger partial charge in [0.05, 0.1) is 12.2 Å². The van der Waals surface area contributed by atoms with E-state index in [4.69, 9.17) is 4.74 Å². The van der Waals surface area contributed by atoms with Crippen LogP contribution in [-0.2, 0) is 0 Å². The standard InChI is InChI=1S/C22H22FNO3/c23-18-4-1-15(2-5-18)17-7-10-24(14-17)11-8-20(25)16-3-6-22-19(13-16)21(26)9-12-27-22/h1-6,13,17H,7-12,14H2. The molecule has 140 valence electrons. The highest BCUT2D eigenvalue weighted by Gasteiger charge is 2.25. The number of hydrogen-bond acceptors (Lipinski definition) is 4. The van der Waals surface area contributed by atoms with Crippen LogP contribution in [0, 0.1) is 5.82 Å². The predicted molar refractivity (Wildman–Crippen MR) is 100 cm³/mol. The largest absolute Gasteiger partial charge is 0.492 e. The number of Topliss-reactive ketones (excluding diaryl/α,β-unsaturated/α-hetero) is 2. The highest BCUT2D eigenvalue weighted by molar-refractivity contribution is 6.03. The van der Waals surface area contributed by atoms with Crippen molar-refractivity contribution in [1.82, 2.24) is 4.90 Å². The van der Waals surface area contributed by atoms with Crippen molar-refractivity contribution < 1.29 is 18.7 Å². The van der Waals surface area contributed by atoms with Gasteiger partial charge in [0.15, 0.2) is 11.6 Å². The summed E-state index contributed by atoms with van der Waals surface area (Å²) in [5.41, 5.74) is 2.24. The summed E-state index contributed by atoms with van der Waals surface area (Å²) in [4.78, 5) is 26.8. The molecule has 1 saturated heterocycles. The summed E-state index contributed by atoms with van der Waals surface area (Å²) in [5.74, 6) is 0.825. The smallest absolute Gasteiger partial charge is 0.170 e. The Bertz CT molecular complexity index is 862. The number of ketones is 2. The molecule has 1 unspecified atom stereocenters. The lowest BCUT2D eigenvalue weighted by Crippen LogP contribution is -2.24. The minimum absolute atomic E-state index is 0.0348. The van der Waals surface area contributed by atoms with Gasteiger partial charge < -0.3 is 9.64 Å². The molecule has 2 aliphatic heterocycles.